The molecular weight excluding hydrogens is 332 g/mol. The number of rotatable bonds is 5. The standard InChI is InChI=1S/C17H15ClN2O2S/c18-13-3-1-2-11(8-13)15(21)6-7-19-17(22)12-4-5-14-16(9-12)23-10-20-14/h1-5,8-10,15,21H,6-7H2,(H,19,22)/t15-/m1/s1. The predicted octanol–water partition coefficient (Wildman–Crippen LogP) is 3.80. The Morgan fingerprint density at radius 3 is 3.00 bits per heavy atom. The van der Waals surface area contributed by atoms with E-state index < -0.39 is 6.10 Å². The molecule has 0 aliphatic rings. The molecule has 0 saturated heterocycles. The Bertz CT molecular complexity index is 834. The van der Waals surface area contributed by atoms with Crippen molar-refractivity contribution < 1.29 is 9.90 Å². The quantitative estimate of drug-likeness (QED) is 0.738. The molecule has 0 aliphatic carbocycles. The number of nitrogens with one attached hydrogen (secondary N) is 1. The molecule has 1 heterocycles. The Morgan fingerprint density at radius 2 is 2.17 bits per heavy atom. The van der Waals surface area contributed by atoms with Crippen LogP contribution in [0.25, 0.3) is 10.2 Å². The minimum absolute atomic E-state index is 0.154. The molecule has 23 heavy (non-hydrogen) atoms. The number of aliphatic hydroxyl groups is 1. The fraction of sp³-hybridized carbons (Fsp3) is 0.176. The van der Waals surface area contributed by atoms with Gasteiger partial charge in [0.15, 0.2) is 0 Å². The van der Waals surface area contributed by atoms with Gasteiger partial charge in [-0.25, -0.2) is 4.98 Å². The summed E-state index contributed by atoms with van der Waals surface area (Å²) in [5.74, 6) is -0.154. The minimum Gasteiger partial charge on any atom is -0.388 e. The molecule has 0 aliphatic heterocycles. The molecule has 0 saturated carbocycles. The lowest BCUT2D eigenvalue weighted by Crippen LogP contribution is -2.25. The van der Waals surface area contributed by atoms with Gasteiger partial charge >= 0.3 is 0 Å². The SMILES string of the molecule is O=C(NCC[C@@H](O)c1cccc(Cl)c1)c1ccc2ncsc2c1. The Balaban J connectivity index is 1.56. The monoisotopic (exact) mass is 346 g/mol. The van der Waals surface area contributed by atoms with Crippen molar-refractivity contribution in [2.75, 3.05) is 6.54 Å². The summed E-state index contributed by atoms with van der Waals surface area (Å²) in [7, 11) is 0. The van der Waals surface area contributed by atoms with Crippen LogP contribution < -0.4 is 5.32 Å². The summed E-state index contributed by atoms with van der Waals surface area (Å²) in [6.45, 7) is 0.382. The van der Waals surface area contributed by atoms with Gasteiger partial charge in [0.25, 0.3) is 5.91 Å². The van der Waals surface area contributed by atoms with Gasteiger partial charge in [-0.1, -0.05) is 23.7 Å². The lowest BCUT2D eigenvalue weighted by Gasteiger charge is -2.12. The molecule has 0 bridgehead atoms. The topological polar surface area (TPSA) is 62.2 Å². The zero-order valence-electron chi connectivity index (χ0n) is 12.2. The molecular formula is C17H15ClN2O2S. The van der Waals surface area contributed by atoms with Crippen molar-refractivity contribution in [2.24, 2.45) is 0 Å². The van der Waals surface area contributed by atoms with Crippen LogP contribution in [0.5, 0.6) is 0 Å². The van der Waals surface area contributed by atoms with Crippen LogP contribution >= 0.6 is 22.9 Å². The molecule has 0 spiro atoms. The van der Waals surface area contributed by atoms with Crippen molar-refractivity contribution in [2.45, 2.75) is 12.5 Å². The first-order valence-corrected chi connectivity index (χ1v) is 8.44. The van der Waals surface area contributed by atoms with Crippen molar-refractivity contribution in [3.05, 3.63) is 64.1 Å². The second-order valence-electron chi connectivity index (χ2n) is 5.15. The van der Waals surface area contributed by atoms with Crippen LogP contribution in [0.2, 0.25) is 5.02 Å². The van der Waals surface area contributed by atoms with Gasteiger partial charge in [-0.2, -0.15) is 0 Å². The third-order valence-corrected chi connectivity index (χ3v) is 4.56. The second-order valence-corrected chi connectivity index (χ2v) is 6.47. The van der Waals surface area contributed by atoms with Crippen molar-refractivity contribution >= 4 is 39.1 Å². The van der Waals surface area contributed by atoms with Crippen LogP contribution in [-0.2, 0) is 0 Å². The Kier molecular flexibility index (Phi) is 4.91. The molecule has 2 aromatic carbocycles. The molecule has 0 fully saturated rings. The van der Waals surface area contributed by atoms with E-state index in [1.165, 1.54) is 11.3 Å². The number of fused-ring (bicyclic) bond motifs is 1. The third kappa shape index (κ3) is 3.88. The largest absolute Gasteiger partial charge is 0.388 e. The summed E-state index contributed by atoms with van der Waals surface area (Å²) in [4.78, 5) is 16.3. The van der Waals surface area contributed by atoms with Crippen molar-refractivity contribution in [3.8, 4) is 0 Å². The van der Waals surface area contributed by atoms with E-state index in [0.717, 1.165) is 15.8 Å². The van der Waals surface area contributed by atoms with E-state index in [2.05, 4.69) is 10.3 Å². The van der Waals surface area contributed by atoms with Crippen LogP contribution in [0.15, 0.2) is 48.0 Å². The molecule has 0 unspecified atom stereocenters. The Hall–Kier alpha value is -1.95. The first-order chi connectivity index (χ1) is 11.1. The van der Waals surface area contributed by atoms with E-state index in [1.54, 1.807) is 29.8 Å². The smallest absolute Gasteiger partial charge is 0.251 e. The number of amides is 1. The van der Waals surface area contributed by atoms with Gasteiger partial charge in [0, 0.05) is 17.1 Å². The van der Waals surface area contributed by atoms with Crippen LogP contribution in [0, 0.1) is 0 Å². The summed E-state index contributed by atoms with van der Waals surface area (Å²) in [5, 5.41) is 13.5. The van der Waals surface area contributed by atoms with Crippen LogP contribution in [-0.4, -0.2) is 22.5 Å². The Labute approximate surface area is 142 Å². The van der Waals surface area contributed by atoms with Gasteiger partial charge < -0.3 is 10.4 Å². The third-order valence-electron chi connectivity index (χ3n) is 3.53. The molecule has 1 amide bonds. The molecule has 6 heteroatoms. The fourth-order valence-corrected chi connectivity index (χ4v) is 3.22. The van der Waals surface area contributed by atoms with Gasteiger partial charge in [0.2, 0.25) is 0 Å². The highest BCUT2D eigenvalue weighted by Crippen LogP contribution is 2.21. The molecule has 2 N–H and O–H groups in total. The molecule has 4 nitrogen and oxygen atoms in total. The minimum atomic E-state index is -0.655. The first-order valence-electron chi connectivity index (χ1n) is 7.18. The van der Waals surface area contributed by atoms with Gasteiger partial charge in [0.05, 0.1) is 21.8 Å². The number of nitrogens with zero attached hydrogens (tertiary/aromatic N) is 1. The maximum atomic E-state index is 12.2. The number of hydrogen-bond donors (Lipinski definition) is 2. The number of hydrogen-bond acceptors (Lipinski definition) is 4. The van der Waals surface area contributed by atoms with Gasteiger partial charge in [-0.05, 0) is 42.3 Å². The summed E-state index contributed by atoms with van der Waals surface area (Å²) in [6, 6.07) is 12.5. The molecule has 3 aromatic rings. The second kappa shape index (κ2) is 7.08. The summed E-state index contributed by atoms with van der Waals surface area (Å²) in [6.07, 6.45) is -0.229. The zero-order valence-corrected chi connectivity index (χ0v) is 13.8. The van der Waals surface area contributed by atoms with Crippen molar-refractivity contribution in [1.29, 1.82) is 0 Å². The van der Waals surface area contributed by atoms with Crippen LogP contribution in [0.3, 0.4) is 0 Å². The maximum Gasteiger partial charge on any atom is 0.251 e. The molecule has 0 radical (unpaired) electrons. The van der Waals surface area contributed by atoms with Gasteiger partial charge in [0.1, 0.15) is 0 Å². The number of aliphatic hydroxyl groups excluding tert-OH is 1. The molecule has 3 rings (SSSR count). The lowest BCUT2D eigenvalue weighted by atomic mass is 10.1. The Morgan fingerprint density at radius 1 is 1.30 bits per heavy atom. The van der Waals surface area contributed by atoms with E-state index in [9.17, 15) is 9.90 Å². The average molecular weight is 347 g/mol. The van der Waals surface area contributed by atoms with Crippen molar-refractivity contribution in [1.82, 2.24) is 10.3 Å². The molecule has 1 aromatic heterocycles. The highest BCUT2D eigenvalue weighted by atomic mass is 35.5. The number of benzene rings is 2. The van der Waals surface area contributed by atoms with Gasteiger partial charge in [-0.3, -0.25) is 4.79 Å². The highest BCUT2D eigenvalue weighted by Gasteiger charge is 2.10. The number of carbonyl (C=O) groups excluding carboxylic acids is 1. The van der Waals surface area contributed by atoms with E-state index in [0.29, 0.717) is 23.6 Å². The number of halogens is 1. The summed E-state index contributed by atoms with van der Waals surface area (Å²) < 4.78 is 0.983. The van der Waals surface area contributed by atoms with Crippen LogP contribution in [0.4, 0.5) is 0 Å². The normalized spacial score (nSPS) is 12.3. The lowest BCUT2D eigenvalue weighted by molar-refractivity contribution is 0.0943. The predicted molar refractivity (Wildman–Crippen MR) is 93.0 cm³/mol. The highest BCUT2D eigenvalue weighted by molar-refractivity contribution is 7.16. The van der Waals surface area contributed by atoms with E-state index >= 15 is 0 Å². The van der Waals surface area contributed by atoms with E-state index in [4.69, 9.17) is 11.6 Å². The molecule has 1 atom stereocenters. The number of thiazole rings is 1. The van der Waals surface area contributed by atoms with Crippen LogP contribution in [0.1, 0.15) is 28.4 Å². The summed E-state index contributed by atoms with van der Waals surface area (Å²) in [5.41, 5.74) is 3.99. The van der Waals surface area contributed by atoms with Crippen molar-refractivity contribution in [3.63, 3.8) is 0 Å². The first kappa shape index (κ1) is 15.9. The number of carbonyl (C=O) groups is 1. The zero-order chi connectivity index (χ0) is 16.2. The maximum absolute atomic E-state index is 12.2. The molecule has 118 valence electrons. The fourth-order valence-electron chi connectivity index (χ4n) is 2.30. The van der Waals surface area contributed by atoms with E-state index in [-0.39, 0.29) is 5.91 Å². The number of aromatic nitrogens is 1. The average Bonchev–Trinajstić information content (AvgIpc) is 3.02. The van der Waals surface area contributed by atoms with E-state index in [1.807, 2.05) is 18.2 Å². The van der Waals surface area contributed by atoms with Gasteiger partial charge in [-0.15, -0.1) is 11.3 Å². The summed E-state index contributed by atoms with van der Waals surface area (Å²) >= 11 is 7.41.